The number of hydrogen-bond acceptors (Lipinski definition) is 3. The van der Waals surface area contributed by atoms with Crippen LogP contribution in [0.15, 0.2) is 0 Å². The van der Waals surface area contributed by atoms with Gasteiger partial charge < -0.3 is 10.6 Å². The summed E-state index contributed by atoms with van der Waals surface area (Å²) < 4.78 is 0. The Bertz CT molecular complexity index is 365. The SMILES string of the molecule is CN1CC(=O)N(CC2(CC(N)=S)CC2)C1=O. The van der Waals surface area contributed by atoms with Gasteiger partial charge >= 0.3 is 6.03 Å². The molecule has 2 aliphatic rings. The standard InChI is InChI=1S/C10H15N3O2S/c1-12-5-8(14)13(9(12)15)6-10(2-3-10)4-7(11)16/h2-6H2,1H3,(H2,11,16). The average molecular weight is 241 g/mol. The predicted molar refractivity (Wildman–Crippen MR) is 62.8 cm³/mol. The van der Waals surface area contributed by atoms with Crippen LogP contribution in [0.2, 0.25) is 0 Å². The topological polar surface area (TPSA) is 66.6 Å². The minimum atomic E-state index is -0.209. The number of urea groups is 1. The van der Waals surface area contributed by atoms with Crippen LogP contribution in [-0.2, 0) is 4.79 Å². The fourth-order valence-electron chi connectivity index (χ4n) is 2.10. The van der Waals surface area contributed by atoms with Crippen molar-refractivity contribution in [3.8, 4) is 0 Å². The smallest absolute Gasteiger partial charge is 0.326 e. The van der Waals surface area contributed by atoms with Gasteiger partial charge in [0.05, 0.1) is 4.99 Å². The lowest BCUT2D eigenvalue weighted by molar-refractivity contribution is -0.125. The van der Waals surface area contributed by atoms with E-state index in [1.165, 1.54) is 9.80 Å². The van der Waals surface area contributed by atoms with Crippen molar-refractivity contribution in [1.29, 1.82) is 0 Å². The second-order valence-corrected chi connectivity index (χ2v) is 5.29. The number of nitrogens with zero attached hydrogens (tertiary/aromatic N) is 2. The van der Waals surface area contributed by atoms with E-state index in [4.69, 9.17) is 18.0 Å². The van der Waals surface area contributed by atoms with Crippen LogP contribution in [0, 0.1) is 5.41 Å². The van der Waals surface area contributed by atoms with Crippen LogP contribution < -0.4 is 5.73 Å². The number of nitrogens with two attached hydrogens (primary N) is 1. The molecule has 2 fully saturated rings. The molecule has 0 radical (unpaired) electrons. The van der Waals surface area contributed by atoms with E-state index in [9.17, 15) is 9.59 Å². The van der Waals surface area contributed by atoms with Crippen LogP contribution in [0.4, 0.5) is 4.79 Å². The van der Waals surface area contributed by atoms with Gasteiger partial charge in [0.1, 0.15) is 6.54 Å². The van der Waals surface area contributed by atoms with Crippen molar-refractivity contribution in [3.63, 3.8) is 0 Å². The Morgan fingerprint density at radius 3 is 2.50 bits per heavy atom. The third-order valence-corrected chi connectivity index (χ3v) is 3.38. The Morgan fingerprint density at radius 1 is 1.50 bits per heavy atom. The number of hydrogen-bond donors (Lipinski definition) is 1. The van der Waals surface area contributed by atoms with Crippen LogP contribution in [0.5, 0.6) is 0 Å². The second kappa shape index (κ2) is 3.69. The maximum Gasteiger partial charge on any atom is 0.326 e. The summed E-state index contributed by atoms with van der Waals surface area (Å²) in [4.78, 5) is 26.5. The maximum atomic E-state index is 11.7. The Hall–Kier alpha value is -1.17. The normalized spacial score (nSPS) is 22.8. The molecule has 1 heterocycles. The molecule has 1 saturated heterocycles. The van der Waals surface area contributed by atoms with Crippen molar-refractivity contribution in [3.05, 3.63) is 0 Å². The molecule has 0 spiro atoms. The Labute approximate surface area is 99.6 Å². The van der Waals surface area contributed by atoms with E-state index in [-0.39, 0.29) is 23.9 Å². The van der Waals surface area contributed by atoms with Crippen molar-refractivity contribution in [2.75, 3.05) is 20.1 Å². The van der Waals surface area contributed by atoms with E-state index in [0.717, 1.165) is 12.8 Å². The van der Waals surface area contributed by atoms with Crippen LogP contribution in [-0.4, -0.2) is 46.9 Å². The highest BCUT2D eigenvalue weighted by molar-refractivity contribution is 7.80. The van der Waals surface area contributed by atoms with E-state index in [1.807, 2.05) is 0 Å². The molecule has 3 amide bonds. The molecule has 1 aliphatic carbocycles. The highest BCUT2D eigenvalue weighted by Gasteiger charge is 2.48. The summed E-state index contributed by atoms with van der Waals surface area (Å²) in [5.41, 5.74) is 5.50. The number of carbonyl (C=O) groups is 2. The molecule has 2 rings (SSSR count). The van der Waals surface area contributed by atoms with Crippen molar-refractivity contribution in [2.45, 2.75) is 19.3 Å². The zero-order valence-electron chi connectivity index (χ0n) is 9.23. The molecule has 5 nitrogen and oxygen atoms in total. The van der Waals surface area contributed by atoms with Gasteiger partial charge in [-0.05, 0) is 18.3 Å². The van der Waals surface area contributed by atoms with Gasteiger partial charge in [0.2, 0.25) is 5.91 Å². The lowest BCUT2D eigenvalue weighted by Gasteiger charge is -2.21. The van der Waals surface area contributed by atoms with Gasteiger partial charge in [-0.15, -0.1) is 0 Å². The lowest BCUT2D eigenvalue weighted by atomic mass is 10.0. The molecular weight excluding hydrogens is 226 g/mol. The van der Waals surface area contributed by atoms with Crippen LogP contribution >= 0.6 is 12.2 Å². The van der Waals surface area contributed by atoms with E-state index >= 15 is 0 Å². The van der Waals surface area contributed by atoms with Gasteiger partial charge in [0.25, 0.3) is 0 Å². The van der Waals surface area contributed by atoms with Gasteiger partial charge in [-0.3, -0.25) is 9.69 Å². The van der Waals surface area contributed by atoms with E-state index in [1.54, 1.807) is 7.05 Å². The summed E-state index contributed by atoms with van der Waals surface area (Å²) in [5.74, 6) is -0.123. The Morgan fingerprint density at radius 2 is 2.12 bits per heavy atom. The first-order valence-corrected chi connectivity index (χ1v) is 5.68. The second-order valence-electron chi connectivity index (χ2n) is 4.76. The fourth-order valence-corrected chi connectivity index (χ4v) is 2.40. The Kier molecular flexibility index (Phi) is 2.61. The number of rotatable bonds is 4. The molecule has 0 unspecified atom stereocenters. The molecule has 1 saturated carbocycles. The van der Waals surface area contributed by atoms with Crippen molar-refractivity contribution >= 4 is 29.1 Å². The first-order valence-electron chi connectivity index (χ1n) is 5.27. The quantitative estimate of drug-likeness (QED) is 0.569. The van der Waals surface area contributed by atoms with Gasteiger partial charge in [-0.1, -0.05) is 12.2 Å². The van der Waals surface area contributed by atoms with Crippen LogP contribution in [0.3, 0.4) is 0 Å². The monoisotopic (exact) mass is 241 g/mol. The minimum absolute atomic E-state index is 0.0255. The summed E-state index contributed by atoms with van der Waals surface area (Å²) in [6.45, 7) is 0.647. The fraction of sp³-hybridized carbons (Fsp3) is 0.700. The maximum absolute atomic E-state index is 11.7. The molecule has 6 heteroatoms. The third kappa shape index (κ3) is 2.02. The zero-order chi connectivity index (χ0) is 11.9. The molecule has 0 aromatic carbocycles. The van der Waals surface area contributed by atoms with E-state index in [0.29, 0.717) is 18.0 Å². The lowest BCUT2D eigenvalue weighted by Crippen LogP contribution is -2.37. The molecule has 0 aromatic heterocycles. The van der Waals surface area contributed by atoms with Crippen molar-refractivity contribution < 1.29 is 9.59 Å². The predicted octanol–water partition coefficient (Wildman–Crippen LogP) is 0.337. The molecule has 0 aromatic rings. The molecule has 88 valence electrons. The third-order valence-electron chi connectivity index (χ3n) is 3.23. The molecule has 0 atom stereocenters. The van der Waals surface area contributed by atoms with Gasteiger partial charge in [-0.2, -0.15) is 0 Å². The first kappa shape index (κ1) is 11.3. The summed E-state index contributed by atoms with van der Waals surface area (Å²) in [5, 5.41) is 0. The molecule has 1 aliphatic heterocycles. The summed E-state index contributed by atoms with van der Waals surface area (Å²) in [6.07, 6.45) is 2.61. The molecule has 2 N–H and O–H groups in total. The van der Waals surface area contributed by atoms with Gasteiger partial charge in [0, 0.05) is 20.0 Å². The van der Waals surface area contributed by atoms with E-state index in [2.05, 4.69) is 0 Å². The molecular formula is C10H15N3O2S. The number of amides is 3. The number of imide groups is 1. The van der Waals surface area contributed by atoms with Gasteiger partial charge in [-0.25, -0.2) is 4.79 Å². The van der Waals surface area contributed by atoms with Gasteiger partial charge in [0.15, 0.2) is 0 Å². The minimum Gasteiger partial charge on any atom is -0.393 e. The largest absolute Gasteiger partial charge is 0.393 e. The molecule has 0 bridgehead atoms. The molecule has 16 heavy (non-hydrogen) atoms. The van der Waals surface area contributed by atoms with E-state index < -0.39 is 0 Å². The first-order chi connectivity index (χ1) is 7.43. The number of likely N-dealkylation sites (N-methyl/N-ethyl adjacent to an activating group) is 1. The van der Waals surface area contributed by atoms with Crippen molar-refractivity contribution in [1.82, 2.24) is 9.80 Å². The van der Waals surface area contributed by atoms with Crippen LogP contribution in [0.25, 0.3) is 0 Å². The zero-order valence-corrected chi connectivity index (χ0v) is 10.0. The number of thiocarbonyl (C=S) groups is 1. The highest BCUT2D eigenvalue weighted by atomic mass is 32.1. The van der Waals surface area contributed by atoms with Crippen molar-refractivity contribution in [2.24, 2.45) is 11.1 Å². The average Bonchev–Trinajstić information content (AvgIpc) is 2.87. The summed E-state index contributed by atoms with van der Waals surface area (Å²) >= 11 is 4.89. The highest BCUT2D eigenvalue weighted by Crippen LogP contribution is 2.49. The summed E-state index contributed by atoms with van der Waals surface area (Å²) in [6, 6.07) is -0.209. The van der Waals surface area contributed by atoms with Crippen LogP contribution in [0.1, 0.15) is 19.3 Å². The summed E-state index contributed by atoms with van der Waals surface area (Å²) in [7, 11) is 1.63. The Balaban J connectivity index is 2.02. The number of carbonyl (C=O) groups excluding carboxylic acids is 2.